The molecule has 3 aromatic rings. The highest BCUT2D eigenvalue weighted by molar-refractivity contribution is 5.97. The van der Waals surface area contributed by atoms with Gasteiger partial charge in [-0.3, -0.25) is 9.59 Å². The van der Waals surface area contributed by atoms with Crippen LogP contribution < -0.4 is 0 Å². The Kier molecular flexibility index (Phi) is 4.61. The van der Waals surface area contributed by atoms with Crippen LogP contribution in [0.2, 0.25) is 0 Å². The summed E-state index contributed by atoms with van der Waals surface area (Å²) in [5, 5.41) is 1.15. The number of para-hydroxylation sites is 1. The van der Waals surface area contributed by atoms with Crippen molar-refractivity contribution >= 4 is 22.7 Å². The predicted molar refractivity (Wildman–Crippen MR) is 117 cm³/mol. The summed E-state index contributed by atoms with van der Waals surface area (Å²) in [7, 11) is 0. The van der Waals surface area contributed by atoms with Gasteiger partial charge in [-0.1, -0.05) is 61.4 Å². The van der Waals surface area contributed by atoms with Gasteiger partial charge < -0.3 is 14.8 Å². The summed E-state index contributed by atoms with van der Waals surface area (Å²) in [6, 6.07) is 15.8. The van der Waals surface area contributed by atoms with E-state index < -0.39 is 6.04 Å². The average molecular weight is 402 g/mol. The molecule has 2 aliphatic heterocycles. The smallest absolute Gasteiger partial charge is 0.246 e. The van der Waals surface area contributed by atoms with Crippen molar-refractivity contribution in [3.8, 4) is 0 Å². The van der Waals surface area contributed by atoms with Crippen molar-refractivity contribution in [1.29, 1.82) is 0 Å². The van der Waals surface area contributed by atoms with E-state index >= 15 is 0 Å². The normalized spacial score (nSPS) is 21.1. The van der Waals surface area contributed by atoms with Gasteiger partial charge in [0, 0.05) is 29.6 Å². The lowest BCUT2D eigenvalue weighted by molar-refractivity contribution is -0.158. The number of nitrogens with one attached hydrogen (secondary N) is 1. The number of nitrogens with zero attached hydrogens (tertiary/aromatic N) is 2. The van der Waals surface area contributed by atoms with E-state index in [-0.39, 0.29) is 24.4 Å². The Labute approximate surface area is 176 Å². The number of H-pyrrole nitrogens is 1. The number of rotatable bonds is 4. The zero-order valence-electron chi connectivity index (χ0n) is 17.5. The first-order valence-corrected chi connectivity index (χ1v) is 10.8. The molecule has 2 aliphatic rings. The van der Waals surface area contributed by atoms with Crippen molar-refractivity contribution in [3.63, 3.8) is 0 Å². The van der Waals surface area contributed by atoms with E-state index in [1.165, 1.54) is 5.56 Å². The molecular formula is C25H27N3O2. The Morgan fingerprint density at radius 1 is 1.07 bits per heavy atom. The van der Waals surface area contributed by atoms with Crippen LogP contribution in [0.1, 0.15) is 48.2 Å². The van der Waals surface area contributed by atoms with Crippen LogP contribution in [0.4, 0.5) is 0 Å². The summed E-state index contributed by atoms with van der Waals surface area (Å²) in [6.45, 7) is 4.99. The molecule has 1 saturated heterocycles. The first-order valence-electron chi connectivity index (χ1n) is 10.8. The standard InChI is InChI=1S/C25H27N3O2/c1-3-4-13-27-15-22(29)28-21(25(27)30)14-19-18-7-5-6-8-20(18)26-23(19)24(28)17-11-9-16(2)10-12-17/h5-12,21,24,26H,3-4,13-15H2,1-2H3/t21-,24+/m0/s1. The fourth-order valence-corrected chi connectivity index (χ4v) is 4.96. The van der Waals surface area contributed by atoms with E-state index in [9.17, 15) is 9.59 Å². The Bertz CT molecular complexity index is 1120. The van der Waals surface area contributed by atoms with E-state index in [4.69, 9.17) is 0 Å². The van der Waals surface area contributed by atoms with Gasteiger partial charge in [0.1, 0.15) is 6.04 Å². The van der Waals surface area contributed by atoms with Crippen molar-refractivity contribution in [3.05, 3.63) is 70.9 Å². The minimum atomic E-state index is -0.443. The molecule has 1 fully saturated rings. The molecular weight excluding hydrogens is 374 g/mol. The maximum absolute atomic E-state index is 13.4. The van der Waals surface area contributed by atoms with Crippen LogP contribution in [0.25, 0.3) is 10.9 Å². The SMILES string of the molecule is CCCCN1CC(=O)N2[C@H](c3ccc(C)cc3)c3[nH]c4ccccc4c3C[C@H]2C1=O. The number of amides is 2. The van der Waals surface area contributed by atoms with Gasteiger partial charge in [0.15, 0.2) is 0 Å². The van der Waals surface area contributed by atoms with Crippen molar-refractivity contribution in [2.45, 2.75) is 45.2 Å². The molecule has 5 heteroatoms. The summed E-state index contributed by atoms with van der Waals surface area (Å²) < 4.78 is 0. The van der Waals surface area contributed by atoms with Crippen molar-refractivity contribution in [1.82, 2.24) is 14.8 Å². The van der Waals surface area contributed by atoms with Crippen molar-refractivity contribution in [2.24, 2.45) is 0 Å². The monoisotopic (exact) mass is 401 g/mol. The number of benzene rings is 2. The molecule has 154 valence electrons. The minimum absolute atomic E-state index is 0.0329. The third-order valence-electron chi connectivity index (χ3n) is 6.52. The number of hydrogen-bond donors (Lipinski definition) is 1. The molecule has 2 atom stereocenters. The molecule has 30 heavy (non-hydrogen) atoms. The second-order valence-corrected chi connectivity index (χ2v) is 8.51. The molecule has 0 saturated carbocycles. The molecule has 0 unspecified atom stereocenters. The lowest BCUT2D eigenvalue weighted by Gasteiger charge is -2.47. The third kappa shape index (κ3) is 2.92. The Morgan fingerprint density at radius 2 is 1.83 bits per heavy atom. The molecule has 2 amide bonds. The van der Waals surface area contributed by atoms with E-state index in [1.807, 2.05) is 17.0 Å². The van der Waals surface area contributed by atoms with Gasteiger partial charge in [-0.15, -0.1) is 0 Å². The van der Waals surface area contributed by atoms with Gasteiger partial charge in [-0.2, -0.15) is 0 Å². The Hall–Kier alpha value is -3.08. The lowest BCUT2D eigenvalue weighted by Crippen LogP contribution is -2.63. The zero-order valence-corrected chi connectivity index (χ0v) is 17.5. The summed E-state index contributed by atoms with van der Waals surface area (Å²) >= 11 is 0. The molecule has 5 nitrogen and oxygen atoms in total. The van der Waals surface area contributed by atoms with Crippen LogP contribution in [0, 0.1) is 6.92 Å². The number of unbranched alkanes of at least 4 members (excludes halogenated alkanes) is 1. The van der Waals surface area contributed by atoms with Gasteiger partial charge >= 0.3 is 0 Å². The molecule has 0 aliphatic carbocycles. The van der Waals surface area contributed by atoms with Gasteiger partial charge in [0.2, 0.25) is 11.8 Å². The van der Waals surface area contributed by atoms with Crippen molar-refractivity contribution in [2.75, 3.05) is 13.1 Å². The number of aromatic nitrogens is 1. The number of hydrogen-bond acceptors (Lipinski definition) is 2. The first kappa shape index (κ1) is 18.9. The fourth-order valence-electron chi connectivity index (χ4n) is 4.96. The Morgan fingerprint density at radius 3 is 2.60 bits per heavy atom. The number of carbonyl (C=O) groups is 2. The molecule has 1 N–H and O–H groups in total. The topological polar surface area (TPSA) is 56.4 Å². The maximum atomic E-state index is 13.4. The van der Waals surface area contributed by atoms with Crippen LogP contribution in [0.15, 0.2) is 48.5 Å². The number of fused-ring (bicyclic) bond motifs is 4. The highest BCUT2D eigenvalue weighted by atomic mass is 16.2. The predicted octanol–water partition coefficient (Wildman–Crippen LogP) is 3.96. The first-order chi connectivity index (χ1) is 14.6. The largest absolute Gasteiger partial charge is 0.356 e. The molecule has 1 aromatic heterocycles. The van der Waals surface area contributed by atoms with Crippen LogP contribution in [-0.4, -0.2) is 45.7 Å². The zero-order chi connectivity index (χ0) is 20.8. The Balaban J connectivity index is 1.66. The van der Waals surface area contributed by atoms with Crippen molar-refractivity contribution < 1.29 is 9.59 Å². The summed E-state index contributed by atoms with van der Waals surface area (Å²) in [4.78, 5) is 34.0. The molecule has 0 radical (unpaired) electrons. The van der Waals surface area contributed by atoms with Gasteiger partial charge in [-0.05, 0) is 30.5 Å². The second kappa shape index (κ2) is 7.31. The van der Waals surface area contributed by atoms with Gasteiger partial charge in [0.25, 0.3) is 0 Å². The maximum Gasteiger partial charge on any atom is 0.246 e. The van der Waals surface area contributed by atoms with Gasteiger partial charge in [0.05, 0.1) is 12.6 Å². The summed E-state index contributed by atoms with van der Waals surface area (Å²) in [6.07, 6.45) is 2.49. The second-order valence-electron chi connectivity index (χ2n) is 8.51. The van der Waals surface area contributed by atoms with E-state index in [2.05, 4.69) is 55.2 Å². The number of carbonyl (C=O) groups excluding carboxylic acids is 2. The number of piperazine rings is 1. The highest BCUT2D eigenvalue weighted by Gasteiger charge is 2.47. The van der Waals surface area contributed by atoms with Crippen LogP contribution in [0.3, 0.4) is 0 Å². The van der Waals surface area contributed by atoms with Gasteiger partial charge in [-0.25, -0.2) is 0 Å². The van der Waals surface area contributed by atoms with E-state index in [0.29, 0.717) is 13.0 Å². The van der Waals surface area contributed by atoms with Crippen LogP contribution in [-0.2, 0) is 16.0 Å². The molecule has 0 bridgehead atoms. The number of aromatic amines is 1. The molecule has 3 heterocycles. The molecule has 2 aromatic carbocycles. The van der Waals surface area contributed by atoms with E-state index in [0.717, 1.165) is 40.6 Å². The highest BCUT2D eigenvalue weighted by Crippen LogP contribution is 2.42. The minimum Gasteiger partial charge on any atom is -0.356 e. The lowest BCUT2D eigenvalue weighted by atomic mass is 9.86. The van der Waals surface area contributed by atoms with E-state index in [1.54, 1.807) is 4.90 Å². The number of aryl methyl sites for hydroxylation is 1. The quantitative estimate of drug-likeness (QED) is 0.719. The van der Waals surface area contributed by atoms with Crippen LogP contribution >= 0.6 is 0 Å². The average Bonchev–Trinajstić information content (AvgIpc) is 3.13. The summed E-state index contributed by atoms with van der Waals surface area (Å²) in [5.41, 5.74) is 5.48. The third-order valence-corrected chi connectivity index (χ3v) is 6.52. The molecule has 0 spiro atoms. The summed E-state index contributed by atoms with van der Waals surface area (Å²) in [5.74, 6) is 0.113. The fraction of sp³-hybridized carbons (Fsp3) is 0.360. The molecule has 5 rings (SSSR count). The van der Waals surface area contributed by atoms with Crippen LogP contribution in [0.5, 0.6) is 0 Å².